The monoisotopic (exact) mass is 486 g/mol. The summed E-state index contributed by atoms with van der Waals surface area (Å²) in [4.78, 5) is 7.00. The Hall–Kier alpha value is -2.26. The van der Waals surface area contributed by atoms with Crippen molar-refractivity contribution < 1.29 is 23.7 Å². The number of rotatable bonds is 9. The van der Waals surface area contributed by atoms with E-state index in [4.69, 9.17) is 28.7 Å². The molecular weight excluding hydrogens is 452 g/mol. The fourth-order valence-corrected chi connectivity index (χ4v) is 5.31. The van der Waals surface area contributed by atoms with Crippen molar-refractivity contribution in [3.05, 3.63) is 59.7 Å². The Balaban J connectivity index is 1.53. The summed E-state index contributed by atoms with van der Waals surface area (Å²) in [7, 11) is 7.35. The van der Waals surface area contributed by atoms with Gasteiger partial charge < -0.3 is 28.6 Å². The second-order valence-electron chi connectivity index (χ2n) is 8.61. The van der Waals surface area contributed by atoms with Crippen molar-refractivity contribution in [2.24, 2.45) is 4.99 Å². The molecular formula is C26H34N2O5S. The highest BCUT2D eigenvalue weighted by molar-refractivity contribution is 8.14. The van der Waals surface area contributed by atoms with Crippen LogP contribution < -0.4 is 9.47 Å². The zero-order valence-electron chi connectivity index (χ0n) is 20.5. The van der Waals surface area contributed by atoms with Crippen LogP contribution in [0.15, 0.2) is 53.5 Å². The Morgan fingerprint density at radius 3 is 1.85 bits per heavy atom. The fourth-order valence-electron chi connectivity index (χ4n) is 4.16. The summed E-state index contributed by atoms with van der Waals surface area (Å²) in [5.41, 5.74) is 2.07. The van der Waals surface area contributed by atoms with Crippen molar-refractivity contribution in [1.82, 2.24) is 4.90 Å². The van der Waals surface area contributed by atoms with Crippen molar-refractivity contribution >= 4 is 16.9 Å². The van der Waals surface area contributed by atoms with Crippen molar-refractivity contribution in [2.75, 3.05) is 28.3 Å². The molecule has 0 bridgehead atoms. The zero-order valence-corrected chi connectivity index (χ0v) is 21.3. The third-order valence-corrected chi connectivity index (χ3v) is 7.39. The minimum Gasteiger partial charge on any atom is -0.497 e. The summed E-state index contributed by atoms with van der Waals surface area (Å²) in [5, 5.41) is 0.957. The molecule has 0 radical (unpaired) electrons. The first-order valence-corrected chi connectivity index (χ1v) is 12.5. The molecule has 1 saturated heterocycles. The second kappa shape index (κ2) is 11.4. The third kappa shape index (κ3) is 5.68. The number of ether oxygens (including phenoxy) is 5. The normalized spacial score (nSPS) is 26.0. The number of thioether (sulfide) groups is 1. The van der Waals surface area contributed by atoms with Crippen LogP contribution in [0.4, 0.5) is 0 Å². The summed E-state index contributed by atoms with van der Waals surface area (Å²) in [6.07, 6.45) is 0.285. The molecule has 184 valence electrons. The molecule has 0 spiro atoms. The number of methoxy groups -OCH3 is 2. The van der Waals surface area contributed by atoms with Crippen molar-refractivity contribution in [2.45, 2.75) is 56.3 Å². The average molecular weight is 487 g/mol. The molecule has 8 heteroatoms. The van der Waals surface area contributed by atoms with Crippen LogP contribution in [0.2, 0.25) is 0 Å². The Kier molecular flexibility index (Phi) is 8.37. The molecule has 5 atom stereocenters. The molecule has 2 aliphatic rings. The van der Waals surface area contributed by atoms with E-state index in [2.05, 4.69) is 6.92 Å². The standard InChI is InChI=1S/C26H34N2O5S/c1-6-21-23(31-15-17-7-11-19(29-4)12-8-17)24(22-25(33-21)34-26(27-22)28(2)3)32-16-18-9-13-20(30-5)14-10-18/h7-14,21-25H,6,15-16H2,1-5H3/t21-,22-,23-,24-,25-/m1/s1. The summed E-state index contributed by atoms with van der Waals surface area (Å²) in [6.45, 7) is 3.06. The number of nitrogens with zero attached hydrogens (tertiary/aromatic N) is 2. The fraction of sp³-hybridized carbons (Fsp3) is 0.500. The summed E-state index contributed by atoms with van der Waals surface area (Å²) < 4.78 is 30.1. The lowest BCUT2D eigenvalue weighted by Crippen LogP contribution is -2.56. The molecule has 1 fully saturated rings. The van der Waals surface area contributed by atoms with E-state index in [1.807, 2.05) is 67.5 Å². The van der Waals surface area contributed by atoms with Gasteiger partial charge in [-0.15, -0.1) is 0 Å². The van der Waals surface area contributed by atoms with E-state index in [0.717, 1.165) is 34.2 Å². The maximum atomic E-state index is 6.55. The first-order chi connectivity index (χ1) is 16.5. The van der Waals surface area contributed by atoms with E-state index in [9.17, 15) is 0 Å². The van der Waals surface area contributed by atoms with Gasteiger partial charge in [-0.1, -0.05) is 43.0 Å². The van der Waals surface area contributed by atoms with Gasteiger partial charge in [0.05, 0.1) is 33.5 Å². The SMILES string of the molecule is CC[C@H]1O[C@@H]2SC(N(C)C)=N[C@@H]2[C@@H](OCc2ccc(OC)cc2)[C@@H]1OCc1ccc(OC)cc1. The summed E-state index contributed by atoms with van der Waals surface area (Å²) in [6, 6.07) is 15.8. The minimum absolute atomic E-state index is 0.0791. The highest BCUT2D eigenvalue weighted by atomic mass is 32.2. The van der Waals surface area contributed by atoms with Crippen LogP contribution in [0.1, 0.15) is 24.5 Å². The molecule has 2 aliphatic heterocycles. The van der Waals surface area contributed by atoms with Crippen molar-refractivity contribution in [1.29, 1.82) is 0 Å². The van der Waals surface area contributed by atoms with Crippen LogP contribution in [-0.4, -0.2) is 68.2 Å². The predicted octanol–water partition coefficient (Wildman–Crippen LogP) is 4.34. The average Bonchev–Trinajstić information content (AvgIpc) is 3.31. The number of amidine groups is 1. The molecule has 0 N–H and O–H groups in total. The lowest BCUT2D eigenvalue weighted by molar-refractivity contribution is -0.197. The molecule has 7 nitrogen and oxygen atoms in total. The quantitative estimate of drug-likeness (QED) is 0.522. The van der Waals surface area contributed by atoms with Gasteiger partial charge in [0.2, 0.25) is 0 Å². The molecule has 0 saturated carbocycles. The Morgan fingerprint density at radius 1 is 0.853 bits per heavy atom. The highest BCUT2D eigenvalue weighted by Crippen LogP contribution is 2.40. The number of aliphatic imine (C=N–C) groups is 1. The molecule has 0 aliphatic carbocycles. The lowest BCUT2D eigenvalue weighted by Gasteiger charge is -2.42. The van der Waals surface area contributed by atoms with Crippen LogP contribution in [0.3, 0.4) is 0 Å². The van der Waals surface area contributed by atoms with Crippen molar-refractivity contribution in [3.63, 3.8) is 0 Å². The van der Waals surface area contributed by atoms with Crippen LogP contribution in [0, 0.1) is 0 Å². The van der Waals surface area contributed by atoms with Gasteiger partial charge in [-0.25, -0.2) is 0 Å². The predicted molar refractivity (Wildman–Crippen MR) is 135 cm³/mol. The number of benzene rings is 2. The largest absolute Gasteiger partial charge is 0.497 e. The zero-order chi connectivity index (χ0) is 24.1. The van der Waals surface area contributed by atoms with Crippen LogP contribution in [0.25, 0.3) is 0 Å². The van der Waals surface area contributed by atoms with Gasteiger partial charge in [0.15, 0.2) is 5.17 Å². The van der Waals surface area contributed by atoms with Gasteiger partial charge in [-0.2, -0.15) is 0 Å². The minimum atomic E-state index is -0.238. The first kappa shape index (κ1) is 24.9. The smallest absolute Gasteiger partial charge is 0.161 e. The summed E-state index contributed by atoms with van der Waals surface area (Å²) in [5.74, 6) is 1.65. The van der Waals surface area contributed by atoms with E-state index in [0.29, 0.717) is 13.2 Å². The van der Waals surface area contributed by atoms with Crippen molar-refractivity contribution in [3.8, 4) is 11.5 Å². The third-order valence-electron chi connectivity index (χ3n) is 6.08. The Morgan fingerprint density at radius 2 is 1.38 bits per heavy atom. The van der Waals surface area contributed by atoms with Gasteiger partial charge in [0.1, 0.15) is 35.2 Å². The number of hydrogen-bond acceptors (Lipinski definition) is 8. The van der Waals surface area contributed by atoms with Gasteiger partial charge in [0, 0.05) is 14.1 Å². The van der Waals surface area contributed by atoms with Gasteiger partial charge in [-0.05, 0) is 41.8 Å². The van der Waals surface area contributed by atoms with E-state index >= 15 is 0 Å². The molecule has 4 rings (SSSR count). The Labute approximate surface area is 206 Å². The first-order valence-electron chi connectivity index (χ1n) is 11.6. The molecule has 2 aromatic rings. The molecule has 2 heterocycles. The van der Waals surface area contributed by atoms with Crippen LogP contribution in [0.5, 0.6) is 11.5 Å². The van der Waals surface area contributed by atoms with E-state index in [1.165, 1.54) is 0 Å². The van der Waals surface area contributed by atoms with E-state index < -0.39 is 0 Å². The van der Waals surface area contributed by atoms with Crippen LogP contribution in [-0.2, 0) is 27.4 Å². The second-order valence-corrected chi connectivity index (χ2v) is 9.68. The molecule has 0 aromatic heterocycles. The Bertz CT molecular complexity index is 951. The maximum absolute atomic E-state index is 6.55. The van der Waals surface area contributed by atoms with Gasteiger partial charge in [0.25, 0.3) is 0 Å². The maximum Gasteiger partial charge on any atom is 0.161 e. The van der Waals surface area contributed by atoms with Gasteiger partial charge in [-0.3, -0.25) is 4.99 Å². The topological polar surface area (TPSA) is 61.8 Å². The summed E-state index contributed by atoms with van der Waals surface area (Å²) >= 11 is 1.66. The van der Waals surface area contributed by atoms with Gasteiger partial charge >= 0.3 is 0 Å². The number of fused-ring (bicyclic) bond motifs is 1. The van der Waals surface area contributed by atoms with E-state index in [1.54, 1.807) is 26.0 Å². The van der Waals surface area contributed by atoms with Crippen LogP contribution >= 0.6 is 11.8 Å². The molecule has 2 aromatic carbocycles. The number of hydrogen-bond donors (Lipinski definition) is 0. The highest BCUT2D eigenvalue weighted by Gasteiger charge is 2.50. The molecule has 34 heavy (non-hydrogen) atoms. The molecule has 0 amide bonds. The van der Waals surface area contributed by atoms with E-state index in [-0.39, 0.29) is 29.8 Å². The lowest BCUT2D eigenvalue weighted by atomic mass is 9.96. The molecule has 0 unspecified atom stereocenters.